The molecule has 0 bridgehead atoms. The minimum Gasteiger partial charge on any atom is -0.365 e. The molecule has 2 aromatic carbocycles. The van der Waals surface area contributed by atoms with E-state index >= 15 is 0 Å². The summed E-state index contributed by atoms with van der Waals surface area (Å²) < 4.78 is 0.912. The number of hydrogen-bond donors (Lipinski definition) is 1. The second-order valence-electron chi connectivity index (χ2n) is 4.93. The van der Waals surface area contributed by atoms with E-state index in [-0.39, 0.29) is 11.1 Å². The Morgan fingerprint density at radius 2 is 1.91 bits per heavy atom. The second kappa shape index (κ2) is 6.14. The predicted molar refractivity (Wildman–Crippen MR) is 93.2 cm³/mol. The summed E-state index contributed by atoms with van der Waals surface area (Å²) in [6.07, 6.45) is 0. The van der Waals surface area contributed by atoms with Crippen molar-refractivity contribution in [3.8, 4) is 0 Å². The maximum absolute atomic E-state index is 12.5. The monoisotopic (exact) mass is 376 g/mol. The predicted octanol–water partition coefficient (Wildman–Crippen LogP) is 4.40. The molecule has 0 radical (unpaired) electrons. The van der Waals surface area contributed by atoms with Crippen molar-refractivity contribution in [2.75, 3.05) is 10.2 Å². The Morgan fingerprint density at radius 3 is 2.64 bits per heavy atom. The van der Waals surface area contributed by atoms with Gasteiger partial charge in [-0.05, 0) is 54.6 Å². The zero-order valence-electron chi connectivity index (χ0n) is 11.7. The molecule has 112 valence electrons. The lowest BCUT2D eigenvalue weighted by Crippen LogP contribution is -2.34. The number of rotatable bonds is 3. The van der Waals surface area contributed by atoms with Crippen LogP contribution in [-0.4, -0.2) is 16.5 Å². The highest BCUT2D eigenvalue weighted by Gasteiger charge is 2.40. The van der Waals surface area contributed by atoms with Crippen molar-refractivity contribution in [3.63, 3.8) is 0 Å². The zero-order chi connectivity index (χ0) is 15.7. The molecule has 1 aliphatic rings. The third-order valence-corrected chi connectivity index (χ3v) is 4.66. The Balaban J connectivity index is 1.82. The molecule has 0 spiro atoms. The lowest BCUT2D eigenvalue weighted by atomic mass is 10.2. The van der Waals surface area contributed by atoms with E-state index in [2.05, 4.69) is 21.2 Å². The molecule has 6 heteroatoms. The molecule has 2 aromatic rings. The van der Waals surface area contributed by atoms with Gasteiger partial charge >= 0.3 is 0 Å². The summed E-state index contributed by atoms with van der Waals surface area (Å²) in [7, 11) is 0. The number of nitrogens with zero attached hydrogens (tertiary/aromatic N) is 1. The average Bonchev–Trinajstić information content (AvgIpc) is 2.73. The zero-order valence-corrected chi connectivity index (χ0v) is 14.1. The highest BCUT2D eigenvalue weighted by atomic mass is 79.9. The minimum absolute atomic E-state index is 0.249. The number of amides is 2. The number of thioether (sulfide) groups is 1. The van der Waals surface area contributed by atoms with Crippen LogP contribution in [0.25, 0.3) is 0 Å². The smallest absolute Gasteiger partial charge is 0.295 e. The SMILES string of the molecule is Cc1cccc(N2C(=O)S[C@H](Nc3cccc(Br)c3)C2=O)c1. The Labute approximate surface area is 141 Å². The van der Waals surface area contributed by atoms with Gasteiger partial charge in [0.05, 0.1) is 5.69 Å². The maximum atomic E-state index is 12.5. The van der Waals surface area contributed by atoms with E-state index in [0.29, 0.717) is 5.69 Å². The van der Waals surface area contributed by atoms with Crippen molar-refractivity contribution in [3.05, 3.63) is 58.6 Å². The number of hydrogen-bond acceptors (Lipinski definition) is 4. The molecule has 1 heterocycles. The quantitative estimate of drug-likeness (QED) is 0.862. The number of nitrogens with one attached hydrogen (secondary N) is 1. The molecular weight excluding hydrogens is 364 g/mol. The first-order chi connectivity index (χ1) is 10.5. The molecule has 0 unspecified atom stereocenters. The molecule has 3 rings (SSSR count). The Hall–Kier alpha value is -1.79. The number of imide groups is 1. The summed E-state index contributed by atoms with van der Waals surface area (Å²) in [6, 6.07) is 14.9. The highest BCUT2D eigenvalue weighted by Crippen LogP contribution is 2.33. The second-order valence-corrected chi connectivity index (χ2v) is 6.90. The molecule has 1 saturated heterocycles. The van der Waals surface area contributed by atoms with Crippen LogP contribution in [0.3, 0.4) is 0 Å². The summed E-state index contributed by atoms with van der Waals surface area (Å²) in [5, 5.41) is 2.23. The van der Waals surface area contributed by atoms with Crippen LogP contribution >= 0.6 is 27.7 Å². The minimum atomic E-state index is -0.609. The van der Waals surface area contributed by atoms with Gasteiger partial charge in [0.2, 0.25) is 0 Å². The van der Waals surface area contributed by atoms with Crippen LogP contribution in [0.15, 0.2) is 53.0 Å². The normalized spacial score (nSPS) is 17.9. The molecule has 1 fully saturated rings. The molecule has 1 aliphatic heterocycles. The first-order valence-corrected chi connectivity index (χ1v) is 8.35. The van der Waals surface area contributed by atoms with Gasteiger partial charge in [-0.25, -0.2) is 4.90 Å². The van der Waals surface area contributed by atoms with Gasteiger partial charge in [0.25, 0.3) is 11.1 Å². The van der Waals surface area contributed by atoms with Gasteiger partial charge in [0.1, 0.15) is 0 Å². The lowest BCUT2D eigenvalue weighted by Gasteiger charge is -2.15. The molecule has 0 aliphatic carbocycles. The van der Waals surface area contributed by atoms with Crippen LogP contribution in [0.5, 0.6) is 0 Å². The first-order valence-electron chi connectivity index (χ1n) is 6.68. The van der Waals surface area contributed by atoms with Gasteiger partial charge in [0, 0.05) is 10.2 Å². The molecule has 4 nitrogen and oxygen atoms in total. The van der Waals surface area contributed by atoms with Crippen molar-refractivity contribution in [1.29, 1.82) is 0 Å². The molecule has 1 N–H and O–H groups in total. The highest BCUT2D eigenvalue weighted by molar-refractivity contribution is 9.10. The van der Waals surface area contributed by atoms with Crippen molar-refractivity contribution in [2.24, 2.45) is 0 Å². The van der Waals surface area contributed by atoms with Gasteiger partial charge in [-0.2, -0.15) is 0 Å². The van der Waals surface area contributed by atoms with E-state index < -0.39 is 5.37 Å². The number of anilines is 2. The van der Waals surface area contributed by atoms with E-state index in [4.69, 9.17) is 0 Å². The number of carbonyl (C=O) groups excluding carboxylic acids is 2. The fourth-order valence-corrected chi connectivity index (χ4v) is 3.53. The molecule has 1 atom stereocenters. The Morgan fingerprint density at radius 1 is 1.14 bits per heavy atom. The summed E-state index contributed by atoms with van der Waals surface area (Å²) in [5.41, 5.74) is 2.41. The van der Waals surface area contributed by atoms with E-state index in [0.717, 1.165) is 27.5 Å². The van der Waals surface area contributed by atoms with Crippen LogP contribution in [-0.2, 0) is 4.79 Å². The van der Waals surface area contributed by atoms with Crippen LogP contribution in [0.4, 0.5) is 16.2 Å². The third-order valence-electron chi connectivity index (χ3n) is 3.23. The van der Waals surface area contributed by atoms with Gasteiger partial charge in [-0.15, -0.1) is 0 Å². The summed E-state index contributed by atoms with van der Waals surface area (Å²) in [5.74, 6) is -0.249. The number of carbonyl (C=O) groups is 2. The standard InChI is InChI=1S/C16H13BrN2O2S/c1-10-4-2-7-13(8-10)19-15(20)14(22-16(19)21)18-12-6-3-5-11(17)9-12/h2-9,14,18H,1H3/t14-/m0/s1. The van der Waals surface area contributed by atoms with Gasteiger partial charge in [-0.1, -0.05) is 34.1 Å². The lowest BCUT2D eigenvalue weighted by molar-refractivity contribution is -0.116. The summed E-state index contributed by atoms with van der Waals surface area (Å²) >= 11 is 4.38. The number of aryl methyl sites for hydroxylation is 1. The Bertz CT molecular complexity index is 750. The molecule has 0 aromatic heterocycles. The van der Waals surface area contributed by atoms with Crippen LogP contribution in [0.2, 0.25) is 0 Å². The number of benzene rings is 2. The van der Waals surface area contributed by atoms with Crippen molar-refractivity contribution in [2.45, 2.75) is 12.3 Å². The summed E-state index contributed by atoms with van der Waals surface area (Å²) in [6.45, 7) is 1.93. The first kappa shape index (κ1) is 15.1. The fourth-order valence-electron chi connectivity index (χ4n) is 2.23. The molecule has 0 saturated carbocycles. The van der Waals surface area contributed by atoms with Crippen molar-refractivity contribution < 1.29 is 9.59 Å². The van der Waals surface area contributed by atoms with Crippen molar-refractivity contribution in [1.82, 2.24) is 0 Å². The molecule has 2 amide bonds. The molecule has 22 heavy (non-hydrogen) atoms. The largest absolute Gasteiger partial charge is 0.365 e. The van der Waals surface area contributed by atoms with E-state index in [1.165, 1.54) is 4.90 Å². The number of halogens is 1. The van der Waals surface area contributed by atoms with Gasteiger partial charge in [-0.3, -0.25) is 9.59 Å². The third kappa shape index (κ3) is 3.03. The van der Waals surface area contributed by atoms with Crippen LogP contribution in [0.1, 0.15) is 5.56 Å². The topological polar surface area (TPSA) is 49.4 Å². The van der Waals surface area contributed by atoms with Crippen LogP contribution in [0, 0.1) is 6.92 Å². The average molecular weight is 377 g/mol. The Kier molecular flexibility index (Phi) is 4.22. The van der Waals surface area contributed by atoms with E-state index in [1.54, 1.807) is 6.07 Å². The van der Waals surface area contributed by atoms with Gasteiger partial charge < -0.3 is 5.32 Å². The maximum Gasteiger partial charge on any atom is 0.295 e. The van der Waals surface area contributed by atoms with Gasteiger partial charge in [0.15, 0.2) is 5.37 Å². The summed E-state index contributed by atoms with van der Waals surface area (Å²) in [4.78, 5) is 25.9. The van der Waals surface area contributed by atoms with E-state index in [9.17, 15) is 9.59 Å². The van der Waals surface area contributed by atoms with Crippen LogP contribution < -0.4 is 10.2 Å². The van der Waals surface area contributed by atoms with Crippen molar-refractivity contribution >= 4 is 50.2 Å². The molecular formula is C16H13BrN2O2S. The van der Waals surface area contributed by atoms with E-state index in [1.807, 2.05) is 49.4 Å². The fraction of sp³-hybridized carbons (Fsp3) is 0.125.